The molecule has 2 aliphatic heterocycles. The number of amides is 1. The Morgan fingerprint density at radius 3 is 2.47 bits per heavy atom. The van der Waals surface area contributed by atoms with Crippen molar-refractivity contribution in [2.45, 2.75) is 63.2 Å². The molecule has 1 aromatic heterocycles. The number of carbonyl (C=O) groups is 2. The molecular weight excluding hydrogens is 639 g/mol. The molecule has 12 heteroatoms. The summed E-state index contributed by atoms with van der Waals surface area (Å²) in [6.07, 6.45) is 4.52. The molecule has 238 valence electrons. The van der Waals surface area contributed by atoms with E-state index in [-0.39, 0.29) is 42.2 Å². The van der Waals surface area contributed by atoms with Gasteiger partial charge in [0, 0.05) is 47.6 Å². The molecule has 4 atom stereocenters. The minimum absolute atomic E-state index is 0.0177. The molecule has 7 rings (SSSR count). The second-order valence-corrected chi connectivity index (χ2v) is 15.6. The van der Waals surface area contributed by atoms with E-state index in [2.05, 4.69) is 5.16 Å². The standard InChI is InChI=1S/C33H34Cl2N2O7S/c34-26-2-1-3-27(35)30(26)31-25(32(44-36-31)21-4-5-21)17-43-29-15-23-14-24(29)33(39)37(23)22-8-6-20(7-9-22)28(38)18-45(40,41)13-11-19-10-12-42-16-19/h1-3,6-9,19,21,23-24,29H,4-5,10-18H2/t19?,23-,24+,29+/m0/s1. The van der Waals surface area contributed by atoms with Crippen LogP contribution in [-0.4, -0.2) is 62.1 Å². The average molecular weight is 674 g/mol. The molecule has 4 aliphatic rings. The maximum Gasteiger partial charge on any atom is 0.233 e. The highest BCUT2D eigenvalue weighted by Gasteiger charge is 2.52. The number of anilines is 1. The highest BCUT2D eigenvalue weighted by Crippen LogP contribution is 2.47. The van der Waals surface area contributed by atoms with Crippen molar-refractivity contribution in [2.75, 3.05) is 29.6 Å². The predicted octanol–water partition coefficient (Wildman–Crippen LogP) is 6.26. The molecule has 45 heavy (non-hydrogen) atoms. The van der Waals surface area contributed by atoms with E-state index in [1.54, 1.807) is 47.4 Å². The number of ketones is 1. The van der Waals surface area contributed by atoms with Gasteiger partial charge in [-0.2, -0.15) is 0 Å². The molecule has 0 radical (unpaired) electrons. The molecule has 0 spiro atoms. The van der Waals surface area contributed by atoms with Gasteiger partial charge in [-0.3, -0.25) is 9.59 Å². The van der Waals surface area contributed by atoms with Crippen LogP contribution in [0.5, 0.6) is 0 Å². The molecule has 0 N–H and O–H groups in total. The van der Waals surface area contributed by atoms with Gasteiger partial charge in [-0.25, -0.2) is 8.42 Å². The molecule has 1 unspecified atom stereocenters. The number of hydrogen-bond acceptors (Lipinski definition) is 8. The predicted molar refractivity (Wildman–Crippen MR) is 169 cm³/mol. The Morgan fingerprint density at radius 1 is 1.04 bits per heavy atom. The Balaban J connectivity index is 0.986. The van der Waals surface area contributed by atoms with Gasteiger partial charge in [0.2, 0.25) is 5.91 Å². The zero-order chi connectivity index (χ0) is 31.3. The van der Waals surface area contributed by atoms with Gasteiger partial charge in [-0.05, 0) is 80.8 Å². The first kappa shape index (κ1) is 30.9. The van der Waals surface area contributed by atoms with E-state index in [4.69, 9.17) is 37.2 Å². The van der Waals surface area contributed by atoms with Gasteiger partial charge in [-0.15, -0.1) is 0 Å². The molecule has 1 amide bonds. The van der Waals surface area contributed by atoms with E-state index in [9.17, 15) is 18.0 Å². The smallest absolute Gasteiger partial charge is 0.233 e. The third kappa shape index (κ3) is 6.32. The Hall–Kier alpha value is -2.76. The molecule has 3 heterocycles. The van der Waals surface area contributed by atoms with Crippen molar-refractivity contribution < 1.29 is 32.0 Å². The number of sulfone groups is 1. The minimum Gasteiger partial charge on any atom is -0.381 e. The van der Waals surface area contributed by atoms with Crippen molar-refractivity contribution in [3.63, 3.8) is 0 Å². The number of carbonyl (C=O) groups excluding carboxylic acids is 2. The van der Waals surface area contributed by atoms with Crippen LogP contribution in [0.1, 0.15) is 66.1 Å². The SMILES string of the molecule is O=C(CS(=O)(=O)CCC1CCOC1)c1ccc(N2C(=O)[C@@H]3C[C@H]2C[C@H]3OCc2c(-c3c(Cl)cccc3Cl)noc2C2CC2)cc1. The van der Waals surface area contributed by atoms with Crippen LogP contribution in [0.25, 0.3) is 11.3 Å². The minimum atomic E-state index is -3.52. The van der Waals surface area contributed by atoms with Gasteiger partial charge in [-0.1, -0.05) is 34.4 Å². The summed E-state index contributed by atoms with van der Waals surface area (Å²) in [5.41, 5.74) is 3.03. The second-order valence-electron chi connectivity index (χ2n) is 12.6. The highest BCUT2D eigenvalue weighted by molar-refractivity contribution is 7.92. The van der Waals surface area contributed by atoms with Gasteiger partial charge in [0.05, 0.1) is 34.4 Å². The molecular formula is C33H34Cl2N2O7S. The second kappa shape index (κ2) is 12.4. The van der Waals surface area contributed by atoms with Crippen LogP contribution in [0.4, 0.5) is 5.69 Å². The van der Waals surface area contributed by atoms with E-state index in [1.165, 1.54) is 0 Å². The maximum absolute atomic E-state index is 13.5. The van der Waals surface area contributed by atoms with Crippen molar-refractivity contribution in [2.24, 2.45) is 11.8 Å². The summed E-state index contributed by atoms with van der Waals surface area (Å²) < 4.78 is 42.6. The fourth-order valence-electron chi connectivity index (χ4n) is 6.88. The normalized spacial score (nSPS) is 24.6. The van der Waals surface area contributed by atoms with E-state index < -0.39 is 21.4 Å². The van der Waals surface area contributed by atoms with Crippen LogP contribution in [0.15, 0.2) is 47.0 Å². The van der Waals surface area contributed by atoms with Crippen LogP contribution in [0, 0.1) is 11.8 Å². The molecule has 2 saturated carbocycles. The maximum atomic E-state index is 13.5. The Morgan fingerprint density at radius 2 is 1.80 bits per heavy atom. The van der Waals surface area contributed by atoms with Crippen molar-refractivity contribution in [1.29, 1.82) is 0 Å². The number of Topliss-reactive ketones (excluding diaryl/α,β-unsaturated/α-hetero) is 1. The van der Waals surface area contributed by atoms with Gasteiger partial charge in [0.25, 0.3) is 0 Å². The van der Waals surface area contributed by atoms with Crippen LogP contribution < -0.4 is 4.90 Å². The zero-order valence-electron chi connectivity index (χ0n) is 24.6. The van der Waals surface area contributed by atoms with Crippen LogP contribution in [0.2, 0.25) is 10.0 Å². The molecule has 9 nitrogen and oxygen atoms in total. The zero-order valence-corrected chi connectivity index (χ0v) is 27.0. The Bertz CT molecular complexity index is 1690. The quantitative estimate of drug-likeness (QED) is 0.207. The Labute approximate surface area is 272 Å². The van der Waals surface area contributed by atoms with Gasteiger partial charge in [0.15, 0.2) is 15.6 Å². The number of ether oxygens (including phenoxy) is 2. The molecule has 3 aromatic rings. The number of halogens is 2. The number of hydrogen-bond donors (Lipinski definition) is 0. The molecule has 2 aromatic carbocycles. The number of fused-ring (bicyclic) bond motifs is 2. The van der Waals surface area contributed by atoms with Crippen molar-refractivity contribution in [3.05, 3.63) is 69.4 Å². The summed E-state index contributed by atoms with van der Waals surface area (Å²) in [5.74, 6) is 0.0372. The topological polar surface area (TPSA) is 116 Å². The lowest BCUT2D eigenvalue weighted by molar-refractivity contribution is -0.126. The summed E-state index contributed by atoms with van der Waals surface area (Å²) in [4.78, 5) is 28.1. The fourth-order valence-corrected chi connectivity index (χ4v) is 8.86. The van der Waals surface area contributed by atoms with E-state index in [1.807, 2.05) is 0 Å². The average Bonchev–Trinajstić information content (AvgIpc) is 3.33. The molecule has 2 aliphatic carbocycles. The number of nitrogens with zero attached hydrogens (tertiary/aromatic N) is 2. The highest BCUT2D eigenvalue weighted by atomic mass is 35.5. The Kier molecular flexibility index (Phi) is 8.54. The first-order valence-electron chi connectivity index (χ1n) is 15.5. The van der Waals surface area contributed by atoms with Gasteiger partial charge < -0.3 is 18.9 Å². The lowest BCUT2D eigenvalue weighted by Gasteiger charge is -2.31. The summed E-state index contributed by atoms with van der Waals surface area (Å²) in [7, 11) is -3.52. The van der Waals surface area contributed by atoms with Crippen molar-refractivity contribution in [1.82, 2.24) is 5.16 Å². The van der Waals surface area contributed by atoms with Crippen LogP contribution >= 0.6 is 23.2 Å². The summed E-state index contributed by atoms with van der Waals surface area (Å²) in [5, 5.41) is 5.29. The fraction of sp³-hybridized carbons (Fsp3) is 0.485. The molecule has 4 fully saturated rings. The number of benzene rings is 2. The van der Waals surface area contributed by atoms with E-state index in [0.29, 0.717) is 70.9 Å². The van der Waals surface area contributed by atoms with Crippen LogP contribution in [-0.2, 0) is 30.7 Å². The monoisotopic (exact) mass is 672 g/mol. The van der Waals surface area contributed by atoms with E-state index in [0.717, 1.165) is 30.6 Å². The third-order valence-electron chi connectivity index (χ3n) is 9.49. The number of piperidine rings is 1. The van der Waals surface area contributed by atoms with E-state index >= 15 is 0 Å². The lowest BCUT2D eigenvalue weighted by atomic mass is 10.0. The summed E-state index contributed by atoms with van der Waals surface area (Å²) >= 11 is 13.0. The number of aromatic nitrogens is 1. The van der Waals surface area contributed by atoms with Gasteiger partial charge in [0.1, 0.15) is 17.2 Å². The van der Waals surface area contributed by atoms with Crippen LogP contribution in [0.3, 0.4) is 0 Å². The van der Waals surface area contributed by atoms with Crippen molar-refractivity contribution >= 4 is 50.4 Å². The van der Waals surface area contributed by atoms with Gasteiger partial charge >= 0.3 is 0 Å². The molecule has 2 bridgehead atoms. The first-order valence-corrected chi connectivity index (χ1v) is 18.0. The summed E-state index contributed by atoms with van der Waals surface area (Å²) in [6, 6.07) is 11.9. The lowest BCUT2D eigenvalue weighted by Crippen LogP contribution is -2.43. The van der Waals surface area contributed by atoms with Crippen molar-refractivity contribution in [3.8, 4) is 11.3 Å². The first-order chi connectivity index (χ1) is 21.7. The third-order valence-corrected chi connectivity index (χ3v) is 11.7. The number of rotatable bonds is 12. The largest absolute Gasteiger partial charge is 0.381 e. The summed E-state index contributed by atoms with van der Waals surface area (Å²) in [6.45, 7) is 1.48. The molecule has 2 saturated heterocycles.